The standard InChI is InChI=1S/C48H93NO10/c1-3-5-7-9-11-13-15-16-17-18-19-20-21-22-23-24-25-26-28-30-32-34-36-41(52)47(57)49-39(38-58-48-46(56)45(55)44(54)42(37-50)59-48)43(53)40(51)35-33-31-29-27-14-12-10-8-6-4-2/h27,29,39-46,48,50-56H,3-26,28,30-38H2,1-2H3,(H,49,57)/b29-27+. The Morgan fingerprint density at radius 3 is 1.46 bits per heavy atom. The topological polar surface area (TPSA) is 189 Å². The van der Waals surface area contributed by atoms with Crippen molar-refractivity contribution in [3.05, 3.63) is 12.2 Å². The summed E-state index contributed by atoms with van der Waals surface area (Å²) >= 11 is 0. The molecule has 0 aliphatic carbocycles. The average Bonchev–Trinajstić information content (AvgIpc) is 3.23. The molecule has 1 amide bonds. The first-order valence-electron chi connectivity index (χ1n) is 24.6. The maximum atomic E-state index is 13.1. The molecule has 1 aliphatic heterocycles. The van der Waals surface area contributed by atoms with Gasteiger partial charge in [0.1, 0.15) is 36.6 Å². The Hall–Kier alpha value is -1.15. The summed E-state index contributed by atoms with van der Waals surface area (Å²) in [7, 11) is 0. The fourth-order valence-electron chi connectivity index (χ4n) is 7.97. The van der Waals surface area contributed by atoms with Crippen molar-refractivity contribution >= 4 is 5.91 Å². The van der Waals surface area contributed by atoms with E-state index < -0.39 is 74.2 Å². The number of ether oxygens (including phenoxy) is 2. The van der Waals surface area contributed by atoms with Crippen molar-refractivity contribution in [1.82, 2.24) is 5.32 Å². The number of rotatable bonds is 41. The number of carbonyl (C=O) groups is 1. The van der Waals surface area contributed by atoms with Crippen LogP contribution in [0.4, 0.5) is 0 Å². The number of unbranched alkanes of at least 4 members (excludes halogenated alkanes) is 27. The van der Waals surface area contributed by atoms with Gasteiger partial charge in [0.05, 0.1) is 25.4 Å². The second-order valence-electron chi connectivity index (χ2n) is 17.5. The lowest BCUT2D eigenvalue weighted by Gasteiger charge is -2.40. The fraction of sp³-hybridized carbons (Fsp3) is 0.938. The summed E-state index contributed by atoms with van der Waals surface area (Å²) in [5.74, 6) is -0.705. The van der Waals surface area contributed by atoms with E-state index in [2.05, 4.69) is 31.3 Å². The summed E-state index contributed by atoms with van der Waals surface area (Å²) < 4.78 is 11.1. The van der Waals surface area contributed by atoms with Crippen LogP contribution in [0.15, 0.2) is 12.2 Å². The van der Waals surface area contributed by atoms with Gasteiger partial charge in [-0.3, -0.25) is 4.79 Å². The molecule has 1 aliphatic rings. The molecule has 0 radical (unpaired) electrons. The smallest absolute Gasteiger partial charge is 0.249 e. The highest BCUT2D eigenvalue weighted by Crippen LogP contribution is 2.23. The monoisotopic (exact) mass is 844 g/mol. The summed E-state index contributed by atoms with van der Waals surface area (Å²) in [6, 6.07) is -1.18. The minimum Gasteiger partial charge on any atom is -0.394 e. The number of nitrogens with one attached hydrogen (secondary N) is 1. The van der Waals surface area contributed by atoms with Crippen LogP contribution < -0.4 is 5.32 Å². The second kappa shape index (κ2) is 38.5. The predicted octanol–water partition coefficient (Wildman–Crippen LogP) is 8.45. The molecule has 350 valence electrons. The lowest BCUT2D eigenvalue weighted by molar-refractivity contribution is -0.303. The van der Waals surface area contributed by atoms with Crippen molar-refractivity contribution in [1.29, 1.82) is 0 Å². The molecular weight excluding hydrogens is 751 g/mol. The highest BCUT2D eigenvalue weighted by molar-refractivity contribution is 5.80. The minimum absolute atomic E-state index is 0.259. The van der Waals surface area contributed by atoms with Crippen LogP contribution in [-0.4, -0.2) is 110 Å². The van der Waals surface area contributed by atoms with E-state index in [1.165, 1.54) is 141 Å². The summed E-state index contributed by atoms with van der Waals surface area (Å²) in [4.78, 5) is 13.1. The average molecular weight is 844 g/mol. The van der Waals surface area contributed by atoms with Gasteiger partial charge in [0, 0.05) is 0 Å². The van der Waals surface area contributed by atoms with E-state index in [0.717, 1.165) is 38.5 Å². The van der Waals surface area contributed by atoms with Gasteiger partial charge in [-0.05, 0) is 38.5 Å². The van der Waals surface area contributed by atoms with Crippen molar-refractivity contribution in [2.45, 2.75) is 274 Å². The molecule has 9 unspecified atom stereocenters. The SMILES string of the molecule is CCCCCCC/C=C/CCCC(O)C(O)C(COC1OC(CO)C(O)C(O)C1O)NC(=O)C(O)CCCCCCCCCCCCCCCCCCCCCCCC. The van der Waals surface area contributed by atoms with Crippen LogP contribution in [0.3, 0.4) is 0 Å². The molecule has 1 rings (SSSR count). The maximum Gasteiger partial charge on any atom is 0.249 e. The predicted molar refractivity (Wildman–Crippen MR) is 238 cm³/mol. The second-order valence-corrected chi connectivity index (χ2v) is 17.5. The number of carbonyl (C=O) groups excluding carboxylic acids is 1. The van der Waals surface area contributed by atoms with Gasteiger partial charge >= 0.3 is 0 Å². The molecule has 11 heteroatoms. The molecule has 1 saturated heterocycles. The van der Waals surface area contributed by atoms with Crippen LogP contribution in [0.2, 0.25) is 0 Å². The van der Waals surface area contributed by atoms with Gasteiger partial charge < -0.3 is 50.5 Å². The lowest BCUT2D eigenvalue weighted by Crippen LogP contribution is -2.60. The van der Waals surface area contributed by atoms with E-state index >= 15 is 0 Å². The molecule has 59 heavy (non-hydrogen) atoms. The molecule has 0 saturated carbocycles. The third kappa shape index (κ3) is 28.2. The Morgan fingerprint density at radius 1 is 0.576 bits per heavy atom. The largest absolute Gasteiger partial charge is 0.394 e. The van der Waals surface area contributed by atoms with E-state index in [1.807, 2.05) is 0 Å². The van der Waals surface area contributed by atoms with Gasteiger partial charge in [0.25, 0.3) is 0 Å². The summed E-state index contributed by atoms with van der Waals surface area (Å²) in [5.41, 5.74) is 0. The zero-order chi connectivity index (χ0) is 43.4. The zero-order valence-electron chi connectivity index (χ0n) is 37.7. The number of amides is 1. The number of aliphatic hydroxyl groups excluding tert-OH is 7. The van der Waals surface area contributed by atoms with Crippen molar-refractivity contribution in [3.63, 3.8) is 0 Å². The molecule has 11 nitrogen and oxygen atoms in total. The fourth-order valence-corrected chi connectivity index (χ4v) is 7.97. The normalized spacial score (nSPS) is 21.8. The number of hydrogen-bond acceptors (Lipinski definition) is 10. The van der Waals surface area contributed by atoms with Gasteiger partial charge in [0.2, 0.25) is 5.91 Å². The summed E-state index contributed by atoms with van der Waals surface area (Å²) in [6.45, 7) is 3.40. The van der Waals surface area contributed by atoms with Gasteiger partial charge in [-0.2, -0.15) is 0 Å². The number of allylic oxidation sites excluding steroid dienone is 2. The Morgan fingerprint density at radius 2 is 1.00 bits per heavy atom. The lowest BCUT2D eigenvalue weighted by atomic mass is 9.98. The van der Waals surface area contributed by atoms with Gasteiger partial charge in [-0.1, -0.05) is 193 Å². The third-order valence-corrected chi connectivity index (χ3v) is 12.1. The van der Waals surface area contributed by atoms with E-state index in [4.69, 9.17) is 9.47 Å². The van der Waals surface area contributed by atoms with E-state index in [1.54, 1.807) is 0 Å². The molecule has 9 atom stereocenters. The van der Waals surface area contributed by atoms with Crippen molar-refractivity contribution < 1.29 is 50.0 Å². The van der Waals surface area contributed by atoms with E-state index in [9.17, 15) is 40.5 Å². The number of hydrogen-bond donors (Lipinski definition) is 8. The Labute approximate surface area is 360 Å². The number of aliphatic hydroxyl groups is 7. The van der Waals surface area contributed by atoms with Gasteiger partial charge in [0.15, 0.2) is 6.29 Å². The van der Waals surface area contributed by atoms with Crippen molar-refractivity contribution in [2.24, 2.45) is 0 Å². The molecule has 0 aromatic carbocycles. The zero-order valence-corrected chi connectivity index (χ0v) is 37.7. The molecule has 1 heterocycles. The van der Waals surface area contributed by atoms with Crippen LogP contribution in [0.5, 0.6) is 0 Å². The summed E-state index contributed by atoms with van der Waals surface area (Å²) in [5, 5.41) is 75.5. The molecule has 0 spiro atoms. The van der Waals surface area contributed by atoms with Crippen LogP contribution >= 0.6 is 0 Å². The first-order valence-corrected chi connectivity index (χ1v) is 24.6. The minimum atomic E-state index is -1.66. The van der Waals surface area contributed by atoms with E-state index in [-0.39, 0.29) is 12.8 Å². The highest BCUT2D eigenvalue weighted by atomic mass is 16.7. The quantitative estimate of drug-likeness (QED) is 0.0219. The maximum absolute atomic E-state index is 13.1. The summed E-state index contributed by atoms with van der Waals surface area (Å²) in [6.07, 6.45) is 30.0. The third-order valence-electron chi connectivity index (χ3n) is 12.1. The highest BCUT2D eigenvalue weighted by Gasteiger charge is 2.44. The van der Waals surface area contributed by atoms with Crippen molar-refractivity contribution in [3.8, 4) is 0 Å². The Bertz CT molecular complexity index is 970. The van der Waals surface area contributed by atoms with Crippen LogP contribution in [0, 0.1) is 0 Å². The van der Waals surface area contributed by atoms with Crippen LogP contribution in [0.25, 0.3) is 0 Å². The first kappa shape index (κ1) is 55.9. The first-order chi connectivity index (χ1) is 28.7. The van der Waals surface area contributed by atoms with Gasteiger partial charge in [-0.25, -0.2) is 0 Å². The Balaban J connectivity index is 2.34. The molecular formula is C48H93NO10. The van der Waals surface area contributed by atoms with Crippen LogP contribution in [-0.2, 0) is 14.3 Å². The Kier molecular flexibility index (Phi) is 36.5. The van der Waals surface area contributed by atoms with E-state index in [0.29, 0.717) is 12.8 Å². The van der Waals surface area contributed by atoms with Crippen LogP contribution in [0.1, 0.15) is 219 Å². The molecule has 0 bridgehead atoms. The molecule has 1 fully saturated rings. The molecule has 0 aromatic heterocycles. The van der Waals surface area contributed by atoms with Gasteiger partial charge in [-0.15, -0.1) is 0 Å². The molecule has 8 N–H and O–H groups in total. The van der Waals surface area contributed by atoms with Crippen molar-refractivity contribution in [2.75, 3.05) is 13.2 Å². The molecule has 0 aromatic rings.